The van der Waals surface area contributed by atoms with Crippen LogP contribution in [0, 0.1) is 0 Å². The number of Topliss-reactive ketones (excluding diaryl/α,β-unsaturated/α-hetero) is 1. The maximum absolute atomic E-state index is 12.3. The van der Waals surface area contributed by atoms with Gasteiger partial charge in [-0.3, -0.25) is 14.4 Å². The zero-order chi connectivity index (χ0) is 18.2. The lowest BCUT2D eigenvalue weighted by Gasteiger charge is -2.15. The lowest BCUT2D eigenvalue weighted by Crippen LogP contribution is -2.27. The molecular weight excluding hydrogens is 346 g/mol. The molecule has 1 aromatic carbocycles. The highest BCUT2D eigenvalue weighted by Crippen LogP contribution is 2.19. The molecule has 130 valence electrons. The van der Waals surface area contributed by atoms with Gasteiger partial charge < -0.3 is 10.3 Å². The van der Waals surface area contributed by atoms with E-state index >= 15 is 0 Å². The number of rotatable bonds is 3. The average Bonchev–Trinajstić information content (AvgIpc) is 2.54. The number of amides is 1. The van der Waals surface area contributed by atoms with Crippen molar-refractivity contribution in [1.29, 1.82) is 0 Å². The van der Waals surface area contributed by atoms with E-state index in [1.807, 2.05) is 0 Å². The Hall–Kier alpha value is -2.78. The molecule has 3 rings (SSSR count). The molecule has 1 amide bonds. The van der Waals surface area contributed by atoms with E-state index in [-0.39, 0.29) is 16.2 Å². The summed E-state index contributed by atoms with van der Waals surface area (Å²) in [5, 5.41) is 7.50. The first kappa shape index (κ1) is 17.1. The van der Waals surface area contributed by atoms with Crippen molar-refractivity contribution in [3.63, 3.8) is 0 Å². The highest BCUT2D eigenvalue weighted by atomic mass is 32.2. The van der Waals surface area contributed by atoms with Gasteiger partial charge in [-0.25, -0.2) is 13.6 Å². The molecule has 0 fully saturated rings. The molecule has 0 spiro atoms. The number of carbonyl (C=O) groups is 2. The quantitative estimate of drug-likeness (QED) is 0.742. The fourth-order valence-corrected chi connectivity index (χ4v) is 3.19. The fraction of sp³-hybridized carbons (Fsp3) is 0.188. The Balaban J connectivity index is 1.88. The van der Waals surface area contributed by atoms with Crippen molar-refractivity contribution in [2.75, 3.05) is 5.32 Å². The minimum Gasteiger partial charge on any atom is -0.325 e. The molecule has 0 bridgehead atoms. The van der Waals surface area contributed by atoms with Crippen LogP contribution in [0.1, 0.15) is 39.3 Å². The third-order valence-electron chi connectivity index (χ3n) is 3.94. The van der Waals surface area contributed by atoms with Crippen molar-refractivity contribution in [1.82, 2.24) is 4.98 Å². The number of anilines is 1. The predicted octanol–water partition coefficient (Wildman–Crippen LogP) is 0.794. The summed E-state index contributed by atoms with van der Waals surface area (Å²) in [5.74, 6) is -0.796. The summed E-state index contributed by atoms with van der Waals surface area (Å²) >= 11 is 0. The first-order valence-electron chi connectivity index (χ1n) is 7.49. The number of hydrogen-bond donors (Lipinski definition) is 3. The molecule has 1 aliphatic carbocycles. The molecule has 1 aliphatic rings. The maximum Gasteiger partial charge on any atom is 0.261 e. The number of pyridine rings is 1. The Morgan fingerprint density at radius 2 is 1.80 bits per heavy atom. The van der Waals surface area contributed by atoms with Gasteiger partial charge in [0.25, 0.3) is 11.5 Å². The fourth-order valence-electron chi connectivity index (χ4n) is 2.67. The van der Waals surface area contributed by atoms with E-state index in [4.69, 9.17) is 5.14 Å². The molecule has 1 aromatic heterocycles. The first-order chi connectivity index (χ1) is 11.8. The molecule has 0 aliphatic heterocycles. The average molecular weight is 361 g/mol. The second-order valence-electron chi connectivity index (χ2n) is 5.70. The van der Waals surface area contributed by atoms with Crippen LogP contribution in [0.4, 0.5) is 5.69 Å². The molecule has 0 saturated heterocycles. The second kappa shape index (κ2) is 6.26. The largest absolute Gasteiger partial charge is 0.325 e. The number of benzene rings is 1. The molecule has 9 heteroatoms. The number of carbonyl (C=O) groups excluding carboxylic acids is 2. The molecule has 8 nitrogen and oxygen atoms in total. The smallest absolute Gasteiger partial charge is 0.261 e. The van der Waals surface area contributed by atoms with Crippen LogP contribution in [0.15, 0.2) is 40.0 Å². The van der Waals surface area contributed by atoms with Gasteiger partial charge in [-0.1, -0.05) is 0 Å². The van der Waals surface area contributed by atoms with Gasteiger partial charge in [0.15, 0.2) is 5.78 Å². The standard InChI is InChI=1S/C16H15N3O5S/c17-25(23,24)10-6-4-9(5-7-10)18-15(21)12-8-11-13(19-16(12)22)2-1-3-14(11)20/h4-8H,1-3H2,(H,18,21)(H,19,22)(H2,17,23,24). The van der Waals surface area contributed by atoms with Crippen molar-refractivity contribution in [3.05, 3.63) is 57.5 Å². The third-order valence-corrected chi connectivity index (χ3v) is 4.87. The first-order valence-corrected chi connectivity index (χ1v) is 9.04. The van der Waals surface area contributed by atoms with Gasteiger partial charge in [0.05, 0.1) is 4.90 Å². The molecule has 0 atom stereocenters. The van der Waals surface area contributed by atoms with Crippen molar-refractivity contribution in [3.8, 4) is 0 Å². The number of sulfonamides is 1. The Kier molecular flexibility index (Phi) is 4.27. The molecule has 25 heavy (non-hydrogen) atoms. The van der Waals surface area contributed by atoms with Gasteiger partial charge in [-0.05, 0) is 43.2 Å². The van der Waals surface area contributed by atoms with Crippen LogP contribution in [-0.2, 0) is 16.4 Å². The SMILES string of the molecule is NS(=O)(=O)c1ccc(NC(=O)c2cc3c([nH]c2=O)CCCC3=O)cc1. The van der Waals surface area contributed by atoms with E-state index in [1.54, 1.807) is 0 Å². The van der Waals surface area contributed by atoms with Gasteiger partial charge in [-0.15, -0.1) is 0 Å². The van der Waals surface area contributed by atoms with Crippen LogP contribution in [-0.4, -0.2) is 25.1 Å². The van der Waals surface area contributed by atoms with Crippen LogP contribution in [0.5, 0.6) is 0 Å². The summed E-state index contributed by atoms with van der Waals surface area (Å²) in [6, 6.07) is 6.51. The van der Waals surface area contributed by atoms with Crippen LogP contribution in [0.25, 0.3) is 0 Å². The van der Waals surface area contributed by atoms with E-state index in [9.17, 15) is 22.8 Å². The summed E-state index contributed by atoms with van der Waals surface area (Å²) < 4.78 is 22.4. The van der Waals surface area contributed by atoms with Gasteiger partial charge in [0, 0.05) is 23.4 Å². The number of nitrogens with two attached hydrogens (primary N) is 1. The summed E-state index contributed by atoms with van der Waals surface area (Å²) in [7, 11) is -3.83. The summed E-state index contributed by atoms with van der Waals surface area (Å²) in [6.07, 6.45) is 1.64. The zero-order valence-corrected chi connectivity index (χ0v) is 13.9. The van der Waals surface area contributed by atoms with Crippen LogP contribution in [0.3, 0.4) is 0 Å². The number of nitrogens with one attached hydrogen (secondary N) is 2. The topological polar surface area (TPSA) is 139 Å². The van der Waals surface area contributed by atoms with Gasteiger partial charge in [-0.2, -0.15) is 0 Å². The molecule has 0 saturated carbocycles. The highest BCUT2D eigenvalue weighted by molar-refractivity contribution is 7.89. The number of hydrogen-bond acceptors (Lipinski definition) is 5. The molecule has 4 N–H and O–H groups in total. The maximum atomic E-state index is 12.3. The van der Waals surface area contributed by atoms with Crippen molar-refractivity contribution in [2.45, 2.75) is 24.2 Å². The number of aryl methyl sites for hydroxylation is 1. The molecule has 1 heterocycles. The van der Waals surface area contributed by atoms with Crippen LogP contribution < -0.4 is 16.0 Å². The second-order valence-corrected chi connectivity index (χ2v) is 7.27. The van der Waals surface area contributed by atoms with Crippen LogP contribution >= 0.6 is 0 Å². The minimum atomic E-state index is -3.83. The van der Waals surface area contributed by atoms with E-state index in [1.165, 1.54) is 30.3 Å². The lowest BCUT2D eigenvalue weighted by atomic mass is 9.93. The van der Waals surface area contributed by atoms with E-state index in [0.717, 1.165) is 0 Å². The molecule has 0 radical (unpaired) electrons. The molecule has 2 aromatic rings. The molecular formula is C16H15N3O5S. The van der Waals surface area contributed by atoms with Crippen molar-refractivity contribution < 1.29 is 18.0 Å². The summed E-state index contributed by atoms with van der Waals surface area (Å²) in [5.41, 5.74) is 0.452. The predicted molar refractivity (Wildman–Crippen MR) is 90.1 cm³/mol. The number of aromatic amines is 1. The normalized spacial score (nSPS) is 14.0. The van der Waals surface area contributed by atoms with Gasteiger partial charge >= 0.3 is 0 Å². The van der Waals surface area contributed by atoms with E-state index in [2.05, 4.69) is 10.3 Å². The van der Waals surface area contributed by atoms with Crippen LogP contribution in [0.2, 0.25) is 0 Å². The Morgan fingerprint density at radius 1 is 1.12 bits per heavy atom. The monoisotopic (exact) mass is 361 g/mol. The lowest BCUT2D eigenvalue weighted by molar-refractivity contribution is 0.0971. The third kappa shape index (κ3) is 3.52. The van der Waals surface area contributed by atoms with E-state index < -0.39 is 21.5 Å². The Bertz CT molecular complexity index is 1020. The minimum absolute atomic E-state index is 0.0947. The Morgan fingerprint density at radius 3 is 2.44 bits per heavy atom. The number of aromatic nitrogens is 1. The highest BCUT2D eigenvalue weighted by Gasteiger charge is 2.22. The van der Waals surface area contributed by atoms with Gasteiger partial charge in [0.1, 0.15) is 5.56 Å². The van der Waals surface area contributed by atoms with Gasteiger partial charge in [0.2, 0.25) is 10.0 Å². The number of fused-ring (bicyclic) bond motifs is 1. The van der Waals surface area contributed by atoms with Crippen molar-refractivity contribution >= 4 is 27.4 Å². The number of primary sulfonamides is 1. The Labute approximate surface area is 143 Å². The van der Waals surface area contributed by atoms with E-state index in [0.29, 0.717) is 36.2 Å². The summed E-state index contributed by atoms with van der Waals surface area (Å²) in [4.78, 5) is 38.8. The zero-order valence-electron chi connectivity index (χ0n) is 13.0. The summed E-state index contributed by atoms with van der Waals surface area (Å²) in [6.45, 7) is 0. The number of H-pyrrole nitrogens is 1. The van der Waals surface area contributed by atoms with Crippen molar-refractivity contribution in [2.24, 2.45) is 5.14 Å². The number of ketones is 1. The molecule has 0 unspecified atom stereocenters.